The van der Waals surface area contributed by atoms with Gasteiger partial charge in [-0.1, -0.05) is 6.08 Å². The Balaban J connectivity index is 1.96. The maximum Gasteiger partial charge on any atom is 0.312 e. The molecule has 8 heteroatoms. The van der Waals surface area contributed by atoms with Crippen LogP contribution in [0.5, 0.6) is 0 Å². The number of rotatable bonds is 11. The lowest BCUT2D eigenvalue weighted by molar-refractivity contribution is -0.155. The number of aliphatic hydroxyl groups excluding tert-OH is 1. The molecule has 3 rings (SSSR count). The van der Waals surface area contributed by atoms with Gasteiger partial charge in [0.25, 0.3) is 0 Å². The second-order valence-electron chi connectivity index (χ2n) is 9.00. The van der Waals surface area contributed by atoms with Gasteiger partial charge in [-0.05, 0) is 52.9 Å². The molecule has 0 saturated carbocycles. The number of likely N-dealkylation sites (tertiary alicyclic amines) is 1. The molecule has 0 aromatic heterocycles. The van der Waals surface area contributed by atoms with Crippen LogP contribution in [0.25, 0.3) is 0 Å². The van der Waals surface area contributed by atoms with Crippen molar-refractivity contribution in [3.63, 3.8) is 0 Å². The zero-order valence-corrected chi connectivity index (χ0v) is 18.9. The lowest BCUT2D eigenvalue weighted by Crippen LogP contribution is -2.57. The molecule has 3 aliphatic rings. The molecule has 5 atom stereocenters. The van der Waals surface area contributed by atoms with Gasteiger partial charge in [0, 0.05) is 25.7 Å². The van der Waals surface area contributed by atoms with Crippen LogP contribution in [0, 0.1) is 11.8 Å². The molecule has 2 amide bonds. The van der Waals surface area contributed by atoms with Crippen molar-refractivity contribution in [3.05, 3.63) is 12.7 Å². The van der Waals surface area contributed by atoms with Crippen LogP contribution in [0.1, 0.15) is 52.9 Å². The third kappa shape index (κ3) is 4.00. The van der Waals surface area contributed by atoms with E-state index in [1.54, 1.807) is 22.8 Å². The molecule has 0 radical (unpaired) electrons. The standard InChI is InChI=1S/C23H36N2O6/c1-5-12-24(15(3)4)21(28)19-23-11-10-16(31-23)17(22(29)30-6-2)18(23)20(27)25(19)13-8-7-9-14-26/h5,15-19,26H,1,6-14H2,2-4H3/t16-,17+,18+,19-,23+/m0/s1. The maximum absolute atomic E-state index is 13.8. The summed E-state index contributed by atoms with van der Waals surface area (Å²) < 4.78 is 11.6. The molecule has 174 valence electrons. The number of esters is 1. The number of nitrogens with zero attached hydrogens (tertiary/aromatic N) is 2. The first kappa shape index (κ1) is 23.7. The van der Waals surface area contributed by atoms with Gasteiger partial charge in [-0.15, -0.1) is 6.58 Å². The molecule has 3 fully saturated rings. The lowest BCUT2D eigenvalue weighted by atomic mass is 9.70. The number of hydrogen-bond donors (Lipinski definition) is 1. The molecule has 2 bridgehead atoms. The van der Waals surface area contributed by atoms with Gasteiger partial charge in [0.2, 0.25) is 11.8 Å². The van der Waals surface area contributed by atoms with Crippen molar-refractivity contribution >= 4 is 17.8 Å². The van der Waals surface area contributed by atoms with E-state index in [4.69, 9.17) is 14.6 Å². The van der Waals surface area contributed by atoms with E-state index in [-0.39, 0.29) is 37.2 Å². The van der Waals surface area contributed by atoms with Gasteiger partial charge in [-0.25, -0.2) is 0 Å². The minimum atomic E-state index is -0.985. The Morgan fingerprint density at radius 1 is 1.39 bits per heavy atom. The number of carbonyl (C=O) groups is 3. The van der Waals surface area contributed by atoms with Crippen molar-refractivity contribution < 1.29 is 29.0 Å². The number of aliphatic hydroxyl groups is 1. The Morgan fingerprint density at radius 2 is 2.13 bits per heavy atom. The molecule has 0 aliphatic carbocycles. The van der Waals surface area contributed by atoms with Crippen LogP contribution in [0.3, 0.4) is 0 Å². The second kappa shape index (κ2) is 9.69. The molecule has 3 heterocycles. The molecular weight excluding hydrogens is 400 g/mol. The van der Waals surface area contributed by atoms with E-state index in [2.05, 4.69) is 6.58 Å². The summed E-state index contributed by atoms with van der Waals surface area (Å²) >= 11 is 0. The fourth-order valence-corrected chi connectivity index (χ4v) is 5.60. The van der Waals surface area contributed by atoms with Gasteiger partial charge in [0.1, 0.15) is 11.6 Å². The highest BCUT2D eigenvalue weighted by Gasteiger charge is 2.75. The molecular formula is C23H36N2O6. The van der Waals surface area contributed by atoms with E-state index in [1.165, 1.54) is 0 Å². The van der Waals surface area contributed by atoms with Crippen LogP contribution in [0.15, 0.2) is 12.7 Å². The summed E-state index contributed by atoms with van der Waals surface area (Å²) in [6.07, 6.45) is 4.59. The van der Waals surface area contributed by atoms with Gasteiger partial charge in [0.05, 0.1) is 24.5 Å². The number of hydrogen-bond acceptors (Lipinski definition) is 6. The normalized spacial score (nSPS) is 31.3. The summed E-state index contributed by atoms with van der Waals surface area (Å²) in [5.41, 5.74) is -0.985. The number of unbranched alkanes of at least 4 members (excludes halogenated alkanes) is 2. The van der Waals surface area contributed by atoms with Crippen molar-refractivity contribution in [1.29, 1.82) is 0 Å². The van der Waals surface area contributed by atoms with E-state index < -0.39 is 29.4 Å². The fraction of sp³-hybridized carbons (Fsp3) is 0.783. The average Bonchev–Trinajstić information content (AvgIpc) is 3.36. The number of fused-ring (bicyclic) bond motifs is 1. The van der Waals surface area contributed by atoms with Gasteiger partial charge in [0.15, 0.2) is 0 Å². The zero-order valence-electron chi connectivity index (χ0n) is 18.9. The minimum Gasteiger partial charge on any atom is -0.466 e. The van der Waals surface area contributed by atoms with E-state index >= 15 is 0 Å². The van der Waals surface area contributed by atoms with Crippen molar-refractivity contribution in [3.8, 4) is 0 Å². The summed E-state index contributed by atoms with van der Waals surface area (Å²) in [5, 5.41) is 9.08. The van der Waals surface area contributed by atoms with Crippen LogP contribution in [-0.2, 0) is 23.9 Å². The highest BCUT2D eigenvalue weighted by Crippen LogP contribution is 2.58. The number of carbonyl (C=O) groups excluding carboxylic acids is 3. The van der Waals surface area contributed by atoms with Crippen LogP contribution >= 0.6 is 0 Å². The molecule has 3 saturated heterocycles. The lowest BCUT2D eigenvalue weighted by Gasteiger charge is -2.38. The Labute approximate surface area is 184 Å². The van der Waals surface area contributed by atoms with Crippen molar-refractivity contribution in [2.45, 2.75) is 76.7 Å². The minimum absolute atomic E-state index is 0.0632. The van der Waals surface area contributed by atoms with E-state index in [9.17, 15) is 14.4 Å². The molecule has 1 spiro atoms. The van der Waals surface area contributed by atoms with Gasteiger partial charge in [-0.3, -0.25) is 14.4 Å². The zero-order chi connectivity index (χ0) is 22.8. The predicted molar refractivity (Wildman–Crippen MR) is 114 cm³/mol. The van der Waals surface area contributed by atoms with Crippen molar-refractivity contribution in [2.24, 2.45) is 11.8 Å². The molecule has 0 unspecified atom stereocenters. The van der Waals surface area contributed by atoms with Crippen molar-refractivity contribution in [2.75, 3.05) is 26.3 Å². The maximum atomic E-state index is 13.8. The molecule has 31 heavy (non-hydrogen) atoms. The number of amides is 2. The smallest absolute Gasteiger partial charge is 0.312 e. The van der Waals surface area contributed by atoms with Gasteiger partial charge < -0.3 is 24.4 Å². The Hall–Kier alpha value is -1.93. The summed E-state index contributed by atoms with van der Waals surface area (Å²) in [4.78, 5) is 43.5. The third-order valence-electron chi connectivity index (χ3n) is 6.88. The monoisotopic (exact) mass is 436 g/mol. The molecule has 8 nitrogen and oxygen atoms in total. The van der Waals surface area contributed by atoms with Crippen LogP contribution in [0.4, 0.5) is 0 Å². The first-order chi connectivity index (χ1) is 14.8. The second-order valence-corrected chi connectivity index (χ2v) is 9.00. The van der Waals surface area contributed by atoms with Gasteiger partial charge >= 0.3 is 5.97 Å². The summed E-state index contributed by atoms with van der Waals surface area (Å²) in [6, 6.07) is -0.822. The van der Waals surface area contributed by atoms with E-state index in [1.807, 2.05) is 13.8 Å². The number of ether oxygens (including phenoxy) is 2. The predicted octanol–water partition coefficient (Wildman–Crippen LogP) is 1.51. The van der Waals surface area contributed by atoms with E-state index in [0.717, 1.165) is 6.42 Å². The Bertz CT molecular complexity index is 710. The molecule has 0 aromatic carbocycles. The third-order valence-corrected chi connectivity index (χ3v) is 6.88. The van der Waals surface area contributed by atoms with Crippen molar-refractivity contribution in [1.82, 2.24) is 9.80 Å². The molecule has 3 aliphatic heterocycles. The van der Waals surface area contributed by atoms with E-state index in [0.29, 0.717) is 38.8 Å². The highest BCUT2D eigenvalue weighted by atomic mass is 16.6. The first-order valence-corrected chi connectivity index (χ1v) is 11.5. The topological polar surface area (TPSA) is 96.4 Å². The SMILES string of the molecule is C=CCN(C(=O)[C@@H]1N(CCCCCO)C(=O)[C@H]2[C@H](C(=O)OCC)[C@@H]3CC[C@]12O3)C(C)C. The largest absolute Gasteiger partial charge is 0.466 e. The average molecular weight is 437 g/mol. The van der Waals surface area contributed by atoms with Crippen LogP contribution in [0.2, 0.25) is 0 Å². The Kier molecular flexibility index (Phi) is 7.42. The first-order valence-electron chi connectivity index (χ1n) is 11.5. The van der Waals surface area contributed by atoms with Gasteiger partial charge in [-0.2, -0.15) is 0 Å². The Morgan fingerprint density at radius 3 is 2.74 bits per heavy atom. The molecule has 1 N–H and O–H groups in total. The highest BCUT2D eigenvalue weighted by molar-refractivity contribution is 5.98. The summed E-state index contributed by atoms with van der Waals surface area (Å²) in [7, 11) is 0. The fourth-order valence-electron chi connectivity index (χ4n) is 5.60. The van der Waals surface area contributed by atoms with Crippen LogP contribution in [-0.4, -0.2) is 82.8 Å². The quantitative estimate of drug-likeness (QED) is 0.300. The summed E-state index contributed by atoms with van der Waals surface area (Å²) in [6.45, 7) is 10.5. The summed E-state index contributed by atoms with van der Waals surface area (Å²) in [5.74, 6) is -2.10. The molecule has 0 aromatic rings. The van der Waals surface area contributed by atoms with Crippen LogP contribution < -0.4 is 0 Å².